The van der Waals surface area contributed by atoms with Crippen molar-refractivity contribution in [3.8, 4) is 0 Å². The normalized spacial score (nSPS) is 25.4. The lowest BCUT2D eigenvalue weighted by Gasteiger charge is -2.32. The van der Waals surface area contributed by atoms with Crippen molar-refractivity contribution in [3.05, 3.63) is 36.0 Å². The van der Waals surface area contributed by atoms with E-state index < -0.39 is 0 Å². The summed E-state index contributed by atoms with van der Waals surface area (Å²) in [6.45, 7) is 2.09. The van der Waals surface area contributed by atoms with Crippen molar-refractivity contribution in [2.24, 2.45) is 11.7 Å². The van der Waals surface area contributed by atoms with Gasteiger partial charge in [0.25, 0.3) is 0 Å². The molecule has 1 atom stereocenters. The van der Waals surface area contributed by atoms with Gasteiger partial charge in [0.05, 0.1) is 0 Å². The summed E-state index contributed by atoms with van der Waals surface area (Å²) in [7, 11) is 0. The van der Waals surface area contributed by atoms with Gasteiger partial charge in [-0.1, -0.05) is 18.2 Å². The number of carbonyl (C=O) groups is 1. The van der Waals surface area contributed by atoms with E-state index in [-0.39, 0.29) is 11.8 Å². The van der Waals surface area contributed by atoms with Crippen LogP contribution in [0, 0.1) is 5.92 Å². The zero-order valence-electron chi connectivity index (χ0n) is 16.0. The second-order valence-electron chi connectivity index (χ2n) is 8.37. The lowest BCUT2D eigenvalue weighted by molar-refractivity contribution is -0.122. The topological polar surface area (TPSA) is 82.9 Å². The van der Waals surface area contributed by atoms with Crippen LogP contribution in [0.1, 0.15) is 56.4 Å². The van der Waals surface area contributed by atoms with Crippen molar-refractivity contribution in [1.82, 2.24) is 15.6 Å². The summed E-state index contributed by atoms with van der Waals surface area (Å²) < 4.78 is 0. The van der Waals surface area contributed by atoms with Crippen LogP contribution in [-0.4, -0.2) is 36.1 Å². The van der Waals surface area contributed by atoms with Gasteiger partial charge < -0.3 is 21.4 Å². The van der Waals surface area contributed by atoms with Gasteiger partial charge in [0, 0.05) is 35.6 Å². The second kappa shape index (κ2) is 8.44. The highest BCUT2D eigenvalue weighted by molar-refractivity contribution is 5.85. The van der Waals surface area contributed by atoms with Crippen LogP contribution in [0.2, 0.25) is 0 Å². The van der Waals surface area contributed by atoms with Crippen LogP contribution >= 0.6 is 0 Å². The molecule has 5 nitrogen and oxygen atoms in total. The first-order chi connectivity index (χ1) is 13.2. The number of hydrogen-bond donors (Lipinski definition) is 4. The third-order valence-corrected chi connectivity index (χ3v) is 6.52. The molecule has 2 heterocycles. The predicted octanol–water partition coefficient (Wildman–Crippen LogP) is 3.03. The number of piperidine rings is 1. The lowest BCUT2D eigenvalue weighted by atomic mass is 9.78. The maximum absolute atomic E-state index is 12.9. The number of carbonyl (C=O) groups excluding carboxylic acids is 1. The molecule has 1 aromatic carbocycles. The van der Waals surface area contributed by atoms with Crippen molar-refractivity contribution in [3.63, 3.8) is 0 Å². The number of aromatic amines is 1. The number of fused-ring (bicyclic) bond motifs is 1. The number of amides is 1. The van der Waals surface area contributed by atoms with Gasteiger partial charge in [-0.15, -0.1) is 0 Å². The van der Waals surface area contributed by atoms with Gasteiger partial charge in [0.1, 0.15) is 0 Å². The zero-order chi connectivity index (χ0) is 18.6. The number of aromatic nitrogens is 1. The first kappa shape index (κ1) is 18.5. The van der Waals surface area contributed by atoms with Gasteiger partial charge in [-0.3, -0.25) is 4.79 Å². The van der Waals surface area contributed by atoms with E-state index in [1.807, 2.05) is 0 Å². The number of nitrogens with two attached hydrogens (primary N) is 1. The molecule has 1 aromatic heterocycles. The molecule has 5 heteroatoms. The van der Waals surface area contributed by atoms with Crippen LogP contribution in [0.4, 0.5) is 0 Å². The Kier molecular flexibility index (Phi) is 5.79. The molecule has 5 N–H and O–H groups in total. The number of para-hydroxylation sites is 1. The van der Waals surface area contributed by atoms with Crippen molar-refractivity contribution < 1.29 is 4.79 Å². The van der Waals surface area contributed by atoms with Crippen molar-refractivity contribution in [2.75, 3.05) is 13.1 Å². The molecule has 2 aromatic rings. The molecule has 1 amide bonds. The Bertz CT molecular complexity index is 757. The molecule has 1 saturated carbocycles. The number of hydrogen-bond acceptors (Lipinski definition) is 3. The maximum atomic E-state index is 12.9. The van der Waals surface area contributed by atoms with Gasteiger partial charge >= 0.3 is 0 Å². The Labute approximate surface area is 161 Å². The van der Waals surface area contributed by atoms with Crippen LogP contribution in [0.15, 0.2) is 30.5 Å². The van der Waals surface area contributed by atoms with E-state index in [0.29, 0.717) is 24.4 Å². The lowest BCUT2D eigenvalue weighted by Crippen LogP contribution is -2.41. The summed E-state index contributed by atoms with van der Waals surface area (Å²) in [5.74, 6) is 1.02. The fourth-order valence-electron chi connectivity index (χ4n) is 4.93. The number of rotatable bonds is 5. The Hall–Kier alpha value is -1.85. The highest BCUT2D eigenvalue weighted by atomic mass is 16.1. The van der Waals surface area contributed by atoms with E-state index in [0.717, 1.165) is 57.1 Å². The SMILES string of the molecule is NC1CCC(NC(=O)CC(c2c[nH]c3ccccc23)C2CCNCC2)CC1. The van der Waals surface area contributed by atoms with E-state index in [4.69, 9.17) is 5.73 Å². The molecule has 27 heavy (non-hydrogen) atoms. The average Bonchev–Trinajstić information content (AvgIpc) is 3.12. The summed E-state index contributed by atoms with van der Waals surface area (Å²) in [5.41, 5.74) is 8.47. The third kappa shape index (κ3) is 4.36. The highest BCUT2D eigenvalue weighted by Crippen LogP contribution is 2.37. The van der Waals surface area contributed by atoms with Crippen LogP contribution in [-0.2, 0) is 4.79 Å². The highest BCUT2D eigenvalue weighted by Gasteiger charge is 2.30. The van der Waals surface area contributed by atoms with Gasteiger partial charge in [0.2, 0.25) is 5.91 Å². The molecule has 2 fully saturated rings. The molecule has 1 saturated heterocycles. The third-order valence-electron chi connectivity index (χ3n) is 6.52. The number of nitrogens with one attached hydrogen (secondary N) is 3. The summed E-state index contributed by atoms with van der Waals surface area (Å²) >= 11 is 0. The van der Waals surface area contributed by atoms with E-state index in [1.165, 1.54) is 10.9 Å². The largest absolute Gasteiger partial charge is 0.361 e. The Balaban J connectivity index is 1.50. The zero-order valence-corrected chi connectivity index (χ0v) is 16.0. The molecule has 0 radical (unpaired) electrons. The van der Waals surface area contributed by atoms with Gasteiger partial charge in [-0.2, -0.15) is 0 Å². The Morgan fingerprint density at radius 2 is 1.85 bits per heavy atom. The Morgan fingerprint density at radius 3 is 2.63 bits per heavy atom. The van der Waals surface area contributed by atoms with Gasteiger partial charge in [0.15, 0.2) is 0 Å². The van der Waals surface area contributed by atoms with E-state index in [2.05, 4.69) is 46.1 Å². The van der Waals surface area contributed by atoms with Crippen LogP contribution < -0.4 is 16.4 Å². The minimum Gasteiger partial charge on any atom is -0.361 e. The number of H-pyrrole nitrogens is 1. The minimum atomic E-state index is 0.198. The summed E-state index contributed by atoms with van der Waals surface area (Å²) in [6, 6.07) is 9.05. The summed E-state index contributed by atoms with van der Waals surface area (Å²) in [5, 5.41) is 8.02. The van der Waals surface area contributed by atoms with Crippen molar-refractivity contribution >= 4 is 16.8 Å². The van der Waals surface area contributed by atoms with Gasteiger partial charge in [-0.25, -0.2) is 0 Å². The Morgan fingerprint density at radius 1 is 1.11 bits per heavy atom. The van der Waals surface area contributed by atoms with Crippen LogP contribution in [0.25, 0.3) is 10.9 Å². The fraction of sp³-hybridized carbons (Fsp3) is 0.591. The monoisotopic (exact) mass is 368 g/mol. The molecular formula is C22H32N4O. The molecule has 0 bridgehead atoms. The molecule has 1 aliphatic carbocycles. The minimum absolute atomic E-state index is 0.198. The number of benzene rings is 1. The quantitative estimate of drug-likeness (QED) is 0.655. The first-order valence-corrected chi connectivity index (χ1v) is 10.5. The average molecular weight is 369 g/mol. The predicted molar refractivity (Wildman–Crippen MR) is 110 cm³/mol. The van der Waals surface area contributed by atoms with Crippen molar-refractivity contribution in [1.29, 1.82) is 0 Å². The molecule has 146 valence electrons. The molecule has 1 unspecified atom stereocenters. The standard InChI is InChI=1S/C22H32N4O/c23-16-5-7-17(8-6-16)26-22(27)13-19(15-9-11-24-12-10-15)20-14-25-21-4-2-1-3-18(20)21/h1-4,14-17,19,24-25H,5-13,23H2,(H,26,27). The first-order valence-electron chi connectivity index (χ1n) is 10.5. The summed E-state index contributed by atoms with van der Waals surface area (Å²) in [6.07, 6.45) is 9.04. The fourth-order valence-corrected chi connectivity index (χ4v) is 4.93. The van der Waals surface area contributed by atoms with Gasteiger partial charge in [-0.05, 0) is 75.1 Å². The van der Waals surface area contributed by atoms with Crippen LogP contribution in [0.3, 0.4) is 0 Å². The molecule has 4 rings (SSSR count). The summed E-state index contributed by atoms with van der Waals surface area (Å²) in [4.78, 5) is 16.3. The van der Waals surface area contributed by atoms with E-state index in [1.54, 1.807) is 0 Å². The maximum Gasteiger partial charge on any atom is 0.220 e. The van der Waals surface area contributed by atoms with E-state index in [9.17, 15) is 4.79 Å². The van der Waals surface area contributed by atoms with E-state index >= 15 is 0 Å². The molecule has 2 aliphatic rings. The smallest absolute Gasteiger partial charge is 0.220 e. The molecule has 0 spiro atoms. The molecule has 1 aliphatic heterocycles. The second-order valence-corrected chi connectivity index (χ2v) is 8.37. The molecular weight excluding hydrogens is 336 g/mol. The van der Waals surface area contributed by atoms with Crippen molar-refractivity contribution in [2.45, 2.75) is 62.9 Å². The van der Waals surface area contributed by atoms with Crippen LogP contribution in [0.5, 0.6) is 0 Å².